The predicted octanol–water partition coefficient (Wildman–Crippen LogP) is 5.60. The van der Waals surface area contributed by atoms with E-state index >= 15 is 0 Å². The Hall–Kier alpha value is -1.40. The number of unbranched alkanes of at least 4 members (excludes halogenated alkanes) is 1. The number of aryl methyl sites for hydroxylation is 2. The van der Waals surface area contributed by atoms with Crippen LogP contribution in [-0.4, -0.2) is 16.1 Å². The van der Waals surface area contributed by atoms with Crippen molar-refractivity contribution in [1.82, 2.24) is 10.2 Å². The van der Waals surface area contributed by atoms with Crippen LogP contribution in [0.25, 0.3) is 0 Å². The Kier molecular flexibility index (Phi) is 7.90. The third-order valence-electron chi connectivity index (χ3n) is 4.05. The molecule has 0 fully saturated rings. The summed E-state index contributed by atoms with van der Waals surface area (Å²) in [5.41, 5.74) is 3.84. The molecule has 1 amide bonds. The fraction of sp³-hybridized carbons (Fsp3) is 0.526. The van der Waals surface area contributed by atoms with Gasteiger partial charge in [-0.25, -0.2) is 0 Å². The van der Waals surface area contributed by atoms with Crippen molar-refractivity contribution in [3.63, 3.8) is 0 Å². The largest absolute Gasteiger partial charge is 0.300 e. The Morgan fingerprint density at radius 2 is 1.92 bits per heavy atom. The zero-order valence-corrected chi connectivity index (χ0v) is 17.1. The lowest BCUT2D eigenvalue weighted by molar-refractivity contribution is -0.120. The number of aromatic nitrogens is 2. The zero-order chi connectivity index (χ0) is 18.2. The summed E-state index contributed by atoms with van der Waals surface area (Å²) in [5.74, 6) is 0.993. The van der Waals surface area contributed by atoms with E-state index in [1.54, 1.807) is 11.8 Å². The first-order chi connectivity index (χ1) is 12.0. The van der Waals surface area contributed by atoms with Gasteiger partial charge >= 0.3 is 0 Å². The summed E-state index contributed by atoms with van der Waals surface area (Å²) in [6.45, 7) is 8.44. The molecule has 6 heteroatoms. The SMILES string of the molecule is CCCC[C@H](CC)C(=O)Nc1nnc(SCc2cc(C)cc(C)c2)s1. The van der Waals surface area contributed by atoms with Crippen molar-refractivity contribution < 1.29 is 4.79 Å². The summed E-state index contributed by atoms with van der Waals surface area (Å²) in [7, 11) is 0. The highest BCUT2D eigenvalue weighted by Gasteiger charge is 2.17. The van der Waals surface area contributed by atoms with Gasteiger partial charge in [-0.3, -0.25) is 4.79 Å². The summed E-state index contributed by atoms with van der Waals surface area (Å²) in [5, 5.41) is 11.8. The van der Waals surface area contributed by atoms with E-state index in [0.29, 0.717) is 5.13 Å². The molecule has 2 rings (SSSR count). The van der Waals surface area contributed by atoms with Crippen molar-refractivity contribution in [2.24, 2.45) is 5.92 Å². The van der Waals surface area contributed by atoms with Crippen molar-refractivity contribution in [2.45, 2.75) is 63.5 Å². The highest BCUT2D eigenvalue weighted by Crippen LogP contribution is 2.29. The predicted molar refractivity (Wildman–Crippen MR) is 107 cm³/mol. The Bertz CT molecular complexity index is 679. The number of carbonyl (C=O) groups is 1. The van der Waals surface area contributed by atoms with Crippen molar-refractivity contribution in [2.75, 3.05) is 5.32 Å². The normalized spacial score (nSPS) is 12.2. The van der Waals surface area contributed by atoms with Crippen molar-refractivity contribution in [1.29, 1.82) is 0 Å². The summed E-state index contributed by atoms with van der Waals surface area (Å²) in [6, 6.07) is 6.57. The van der Waals surface area contributed by atoms with Gasteiger partial charge in [0.2, 0.25) is 11.0 Å². The van der Waals surface area contributed by atoms with Crippen molar-refractivity contribution >= 4 is 34.1 Å². The quantitative estimate of drug-likeness (QED) is 0.456. The summed E-state index contributed by atoms with van der Waals surface area (Å²) in [6.07, 6.45) is 3.99. The zero-order valence-electron chi connectivity index (χ0n) is 15.5. The average Bonchev–Trinajstić information content (AvgIpc) is 3.00. The van der Waals surface area contributed by atoms with E-state index in [1.807, 2.05) is 0 Å². The number of benzene rings is 1. The van der Waals surface area contributed by atoms with Crippen LogP contribution in [0.5, 0.6) is 0 Å². The van der Waals surface area contributed by atoms with Gasteiger partial charge in [0, 0.05) is 11.7 Å². The van der Waals surface area contributed by atoms with Gasteiger partial charge in [0.15, 0.2) is 4.34 Å². The molecule has 0 aliphatic heterocycles. The number of nitrogens with one attached hydrogen (secondary N) is 1. The molecule has 1 aromatic carbocycles. The molecule has 0 radical (unpaired) electrons. The highest BCUT2D eigenvalue weighted by molar-refractivity contribution is 8.00. The maximum Gasteiger partial charge on any atom is 0.229 e. The smallest absolute Gasteiger partial charge is 0.229 e. The first-order valence-corrected chi connectivity index (χ1v) is 10.7. The van der Waals surface area contributed by atoms with Gasteiger partial charge in [0.1, 0.15) is 0 Å². The van der Waals surface area contributed by atoms with Gasteiger partial charge in [0.25, 0.3) is 0 Å². The van der Waals surface area contributed by atoms with E-state index in [9.17, 15) is 4.79 Å². The van der Waals surface area contributed by atoms with E-state index in [1.165, 1.54) is 28.0 Å². The number of carbonyl (C=O) groups excluding carboxylic acids is 1. The van der Waals surface area contributed by atoms with Gasteiger partial charge in [-0.15, -0.1) is 10.2 Å². The minimum atomic E-state index is 0.0650. The number of hydrogen-bond acceptors (Lipinski definition) is 5. The van der Waals surface area contributed by atoms with Crippen molar-refractivity contribution in [3.05, 3.63) is 34.9 Å². The second kappa shape index (κ2) is 9.92. The Labute approximate surface area is 158 Å². The number of nitrogens with zero attached hydrogens (tertiary/aromatic N) is 2. The monoisotopic (exact) mass is 377 g/mol. The molecule has 1 atom stereocenters. The Balaban J connectivity index is 1.89. The second-order valence-corrected chi connectivity index (χ2v) is 8.59. The molecule has 1 N–H and O–H groups in total. The summed E-state index contributed by atoms with van der Waals surface area (Å²) in [4.78, 5) is 12.3. The van der Waals surface area contributed by atoms with E-state index in [-0.39, 0.29) is 11.8 Å². The lowest BCUT2D eigenvalue weighted by Gasteiger charge is -2.12. The van der Waals surface area contributed by atoms with Crippen LogP contribution in [0.4, 0.5) is 5.13 Å². The van der Waals surface area contributed by atoms with Gasteiger partial charge in [-0.2, -0.15) is 0 Å². The van der Waals surface area contributed by atoms with Gasteiger partial charge in [0.05, 0.1) is 0 Å². The first kappa shape index (κ1) is 19.9. The molecule has 136 valence electrons. The Morgan fingerprint density at radius 3 is 2.56 bits per heavy atom. The minimum Gasteiger partial charge on any atom is -0.300 e. The number of rotatable bonds is 9. The van der Waals surface area contributed by atoms with Crippen LogP contribution in [0.2, 0.25) is 0 Å². The molecule has 0 aliphatic rings. The van der Waals surface area contributed by atoms with Crippen molar-refractivity contribution in [3.8, 4) is 0 Å². The lowest BCUT2D eigenvalue weighted by atomic mass is 9.99. The molecule has 1 aromatic heterocycles. The molecule has 2 aromatic rings. The first-order valence-electron chi connectivity index (χ1n) is 8.86. The Morgan fingerprint density at radius 1 is 1.20 bits per heavy atom. The van der Waals surface area contributed by atoms with E-state index in [4.69, 9.17) is 0 Å². The molecule has 0 bridgehead atoms. The lowest BCUT2D eigenvalue weighted by Crippen LogP contribution is -2.22. The van der Waals surface area contributed by atoms with Gasteiger partial charge in [-0.1, -0.05) is 79.1 Å². The van der Waals surface area contributed by atoms with E-state index < -0.39 is 0 Å². The third-order valence-corrected chi connectivity index (χ3v) is 6.09. The topological polar surface area (TPSA) is 54.9 Å². The van der Waals surface area contributed by atoms with Crippen LogP contribution in [-0.2, 0) is 10.5 Å². The number of anilines is 1. The van der Waals surface area contributed by atoms with Crippen LogP contribution in [0.1, 0.15) is 56.2 Å². The summed E-state index contributed by atoms with van der Waals surface area (Å²) >= 11 is 3.11. The third kappa shape index (κ3) is 6.44. The highest BCUT2D eigenvalue weighted by atomic mass is 32.2. The molecule has 0 spiro atoms. The molecular weight excluding hydrogens is 350 g/mol. The maximum absolute atomic E-state index is 12.3. The fourth-order valence-corrected chi connectivity index (χ4v) is 4.48. The minimum absolute atomic E-state index is 0.0650. The fourth-order valence-electron chi connectivity index (χ4n) is 2.79. The van der Waals surface area contributed by atoms with Gasteiger partial charge < -0.3 is 5.32 Å². The summed E-state index contributed by atoms with van der Waals surface area (Å²) < 4.78 is 0.885. The number of amides is 1. The molecule has 0 aliphatic carbocycles. The van der Waals surface area contributed by atoms with Crippen LogP contribution in [0, 0.1) is 19.8 Å². The van der Waals surface area contributed by atoms with E-state index in [2.05, 4.69) is 61.4 Å². The molecule has 0 unspecified atom stereocenters. The molecule has 1 heterocycles. The number of thioether (sulfide) groups is 1. The molecular formula is C19H27N3OS2. The van der Waals surface area contributed by atoms with Crippen LogP contribution < -0.4 is 5.32 Å². The average molecular weight is 378 g/mol. The van der Waals surface area contributed by atoms with E-state index in [0.717, 1.165) is 35.8 Å². The molecule has 0 saturated carbocycles. The molecule has 25 heavy (non-hydrogen) atoms. The van der Waals surface area contributed by atoms with Crippen LogP contribution in [0.15, 0.2) is 22.5 Å². The maximum atomic E-state index is 12.3. The molecule has 0 saturated heterocycles. The number of hydrogen-bond donors (Lipinski definition) is 1. The molecule has 4 nitrogen and oxygen atoms in total. The second-order valence-electron chi connectivity index (χ2n) is 6.39. The van der Waals surface area contributed by atoms with Crippen LogP contribution >= 0.6 is 23.1 Å². The standard InChI is InChI=1S/C19H27N3OS2/c1-5-7-8-16(6-2)17(23)20-18-21-22-19(25-18)24-12-15-10-13(3)9-14(4)11-15/h9-11,16H,5-8,12H2,1-4H3,(H,20,21,23)/t16-/m0/s1. The van der Waals surface area contributed by atoms with Crippen LogP contribution in [0.3, 0.4) is 0 Å². The van der Waals surface area contributed by atoms with Gasteiger partial charge in [-0.05, 0) is 32.3 Å².